The van der Waals surface area contributed by atoms with E-state index in [1.54, 1.807) is 51.1 Å². The Hall–Kier alpha value is -7.70. The quantitative estimate of drug-likeness (QED) is 0.0208. The van der Waals surface area contributed by atoms with Crippen LogP contribution in [-0.4, -0.2) is 185 Å². The number of guanidine groups is 2. The maximum atomic E-state index is 14.5. The summed E-state index contributed by atoms with van der Waals surface area (Å²) in [5.74, 6) is -10.8. The van der Waals surface area contributed by atoms with Gasteiger partial charge in [-0.25, -0.2) is 0 Å². The molecule has 0 spiro atoms. The van der Waals surface area contributed by atoms with Crippen LogP contribution in [-0.2, 0) is 54.4 Å². The highest BCUT2D eigenvalue weighted by Crippen LogP contribution is 2.14. The van der Waals surface area contributed by atoms with Crippen molar-refractivity contribution in [2.24, 2.45) is 23.1 Å². The van der Waals surface area contributed by atoms with Gasteiger partial charge in [0.25, 0.3) is 0 Å². The van der Waals surface area contributed by atoms with Crippen LogP contribution in [0.1, 0.15) is 175 Å². The smallest absolute Gasteiger partial charge is 0.303 e. The molecule has 23 N–H and O–H groups in total. The predicted octanol–water partition coefficient (Wildman–Crippen LogP) is -1.14. The molecule has 0 aliphatic heterocycles. The zero-order valence-electron chi connectivity index (χ0n) is 53.9. The molecule has 30 nitrogen and oxygen atoms in total. The van der Waals surface area contributed by atoms with Crippen molar-refractivity contribution in [3.05, 3.63) is 35.9 Å². The number of aliphatic carboxylic acids is 1. The Morgan fingerprint density at radius 1 is 0.462 bits per heavy atom. The fourth-order valence-corrected chi connectivity index (χ4v) is 9.59. The lowest BCUT2D eigenvalue weighted by atomic mass is 9.99. The van der Waals surface area contributed by atoms with E-state index in [0.717, 1.165) is 25.7 Å². The number of hydrogen-bond donors (Lipinski definition) is 20. The van der Waals surface area contributed by atoms with Gasteiger partial charge in [0.05, 0.1) is 19.3 Å². The van der Waals surface area contributed by atoms with E-state index in [-0.39, 0.29) is 64.1 Å². The van der Waals surface area contributed by atoms with Crippen LogP contribution in [0.4, 0.5) is 0 Å². The van der Waals surface area contributed by atoms with E-state index >= 15 is 0 Å². The lowest BCUT2D eigenvalue weighted by Gasteiger charge is -2.29. The van der Waals surface area contributed by atoms with Gasteiger partial charge in [-0.1, -0.05) is 122 Å². The van der Waals surface area contributed by atoms with Crippen molar-refractivity contribution in [2.45, 2.75) is 236 Å². The molecule has 1 aromatic carbocycles. The first kappa shape index (κ1) is 81.3. The minimum Gasteiger partial charge on any atom is -0.481 e. The van der Waals surface area contributed by atoms with E-state index in [1.165, 1.54) is 45.4 Å². The van der Waals surface area contributed by atoms with Gasteiger partial charge in [0.15, 0.2) is 11.9 Å². The van der Waals surface area contributed by atoms with Crippen molar-refractivity contribution in [1.82, 2.24) is 58.5 Å². The molecule has 0 aromatic heterocycles. The number of unbranched alkanes of at least 4 members (excludes halogenated alkanes) is 11. The second kappa shape index (κ2) is 47.2. The third-order valence-corrected chi connectivity index (χ3v) is 14.9. The Kier molecular flexibility index (Phi) is 42.2. The number of aliphatic hydroxyl groups excluding tert-OH is 3. The molecule has 0 aliphatic carbocycles. The Labute approximate surface area is 535 Å². The molecule has 0 aliphatic rings. The third-order valence-electron chi connectivity index (χ3n) is 14.9. The largest absolute Gasteiger partial charge is 0.481 e. The molecule has 9 amide bonds. The van der Waals surface area contributed by atoms with Gasteiger partial charge in [0, 0.05) is 38.4 Å². The average Bonchev–Trinajstić information content (AvgIpc) is 2.64. The molecule has 0 unspecified atom stereocenters. The van der Waals surface area contributed by atoms with E-state index in [1.807, 2.05) is 0 Å². The normalized spacial score (nSPS) is 14.4. The van der Waals surface area contributed by atoms with Crippen molar-refractivity contribution < 1.29 is 68.4 Å². The second-order valence-electron chi connectivity index (χ2n) is 23.3. The SMILES string of the molecule is CCCCCCCCCCCCCC(=O)N[C@H](C(=O)N[C@H](C(=O)N[C@@H](Cc1ccccc1)C(=O)N[C@@H](CCCNC(=N)N)C(=O)N[C@@H](CO)C(=O)N[C@@H](CO)C(=O)N[C@@H](CCCNC(=N)N)C(=O)N[C@@H](CCC(=O)O)C(=O)N[C@H](C)CCCCN)C(C)C)[C@@H](C)O. The summed E-state index contributed by atoms with van der Waals surface area (Å²) < 4.78 is 0. The molecule has 1 aromatic rings. The van der Waals surface area contributed by atoms with Crippen LogP contribution in [0.2, 0.25) is 0 Å². The van der Waals surface area contributed by atoms with Crippen molar-refractivity contribution >= 4 is 71.1 Å². The minimum absolute atomic E-state index is 0.0245. The number of rotatable bonds is 50. The number of carboxylic acid groups (broad SMARTS) is 1. The number of aliphatic hydroxyl groups is 3. The molecular formula is C61H108N16O14. The number of carbonyl (C=O) groups excluding carboxylic acids is 9. The molecule has 516 valence electrons. The maximum absolute atomic E-state index is 14.5. The molecular weight excluding hydrogens is 1180 g/mol. The summed E-state index contributed by atoms with van der Waals surface area (Å²) in [6.45, 7) is 6.81. The van der Waals surface area contributed by atoms with Crippen molar-refractivity contribution in [3.63, 3.8) is 0 Å². The Morgan fingerprint density at radius 2 is 0.879 bits per heavy atom. The van der Waals surface area contributed by atoms with E-state index in [0.29, 0.717) is 37.8 Å². The van der Waals surface area contributed by atoms with Crippen molar-refractivity contribution in [2.75, 3.05) is 32.8 Å². The van der Waals surface area contributed by atoms with Gasteiger partial charge in [-0.05, 0) is 83.2 Å². The lowest BCUT2D eigenvalue weighted by molar-refractivity contribution is -0.138. The molecule has 0 saturated carbocycles. The van der Waals surface area contributed by atoms with Crippen LogP contribution in [0.5, 0.6) is 0 Å². The number of amides is 9. The average molecular weight is 1290 g/mol. The van der Waals surface area contributed by atoms with E-state index in [2.05, 4.69) is 65.4 Å². The first-order chi connectivity index (χ1) is 43.3. The molecule has 91 heavy (non-hydrogen) atoms. The van der Waals surface area contributed by atoms with E-state index < -0.39 is 151 Å². The van der Waals surface area contributed by atoms with Crippen LogP contribution >= 0.6 is 0 Å². The van der Waals surface area contributed by atoms with Gasteiger partial charge in [-0.2, -0.15) is 0 Å². The van der Waals surface area contributed by atoms with E-state index in [9.17, 15) is 68.4 Å². The van der Waals surface area contributed by atoms with Gasteiger partial charge in [0.2, 0.25) is 53.2 Å². The monoisotopic (exact) mass is 1290 g/mol. The summed E-state index contributed by atoms with van der Waals surface area (Å²) in [6.07, 6.45) is 11.4. The topological polar surface area (TPSA) is 510 Å². The summed E-state index contributed by atoms with van der Waals surface area (Å²) in [7, 11) is 0. The van der Waals surface area contributed by atoms with Crippen LogP contribution in [0.15, 0.2) is 30.3 Å². The number of nitrogens with one attached hydrogen (secondary N) is 13. The fourth-order valence-electron chi connectivity index (χ4n) is 9.59. The Morgan fingerprint density at radius 3 is 1.32 bits per heavy atom. The molecule has 0 heterocycles. The van der Waals surface area contributed by atoms with Crippen LogP contribution in [0.3, 0.4) is 0 Å². The summed E-state index contributed by atoms with van der Waals surface area (Å²) in [5, 5.41) is 83.9. The van der Waals surface area contributed by atoms with Gasteiger partial charge in [-0.15, -0.1) is 0 Å². The van der Waals surface area contributed by atoms with Crippen LogP contribution < -0.4 is 75.7 Å². The number of carbonyl (C=O) groups is 10. The summed E-state index contributed by atoms with van der Waals surface area (Å²) in [5.41, 5.74) is 17.0. The lowest BCUT2D eigenvalue weighted by Crippen LogP contribution is -2.62. The number of hydrogen-bond acceptors (Lipinski definition) is 16. The fraction of sp³-hybridized carbons (Fsp3) is 0.705. The minimum atomic E-state index is -1.86. The van der Waals surface area contributed by atoms with Crippen molar-refractivity contribution in [1.29, 1.82) is 10.8 Å². The Bertz CT molecular complexity index is 2410. The van der Waals surface area contributed by atoms with Crippen molar-refractivity contribution in [3.8, 4) is 0 Å². The van der Waals surface area contributed by atoms with Gasteiger partial charge < -0.3 is 96.1 Å². The number of nitrogens with two attached hydrogens (primary N) is 3. The third kappa shape index (κ3) is 36.1. The van der Waals surface area contributed by atoms with Gasteiger partial charge >= 0.3 is 5.97 Å². The Balaban J connectivity index is 3.40. The molecule has 0 radical (unpaired) electrons. The second-order valence-corrected chi connectivity index (χ2v) is 23.3. The van der Waals surface area contributed by atoms with E-state index in [4.69, 9.17) is 28.0 Å². The molecule has 0 fully saturated rings. The van der Waals surface area contributed by atoms with Gasteiger partial charge in [-0.3, -0.25) is 58.8 Å². The molecule has 0 saturated heterocycles. The van der Waals surface area contributed by atoms with Crippen LogP contribution in [0, 0.1) is 16.7 Å². The maximum Gasteiger partial charge on any atom is 0.303 e. The molecule has 30 heteroatoms. The molecule has 0 bridgehead atoms. The highest BCUT2D eigenvalue weighted by atomic mass is 16.4. The summed E-state index contributed by atoms with van der Waals surface area (Å²) in [6, 6.07) is -4.21. The highest BCUT2D eigenvalue weighted by molar-refractivity contribution is 5.98. The molecule has 10 atom stereocenters. The number of carboxylic acids is 1. The zero-order valence-corrected chi connectivity index (χ0v) is 53.9. The van der Waals surface area contributed by atoms with Crippen LogP contribution in [0.25, 0.3) is 0 Å². The standard InChI is InChI=1S/C61H108N16O14/c1-6-7-8-9-10-11-12-13-14-15-19-29-48(81)76-51(40(5)80)59(91)77-50(38(2)3)58(90)73-45(35-41-25-17-16-18-26-41)55(87)70-43(28-23-34-68-61(65)66)54(86)74-47(37-79)57(89)75-46(36-78)56(88)71-42(27-22-33-67-60(63)64)53(85)72-44(30-31-49(82)83)52(84)69-39(4)24-20-21-32-62/h16-18,25-26,38-40,42-47,50-51,78-80H,6-15,19-24,27-37,62H2,1-5H3,(H,69,84)(H,70,87)(H,71,88)(H,72,85)(H,73,90)(H,74,86)(H,75,89)(H,76,81)(H,77,91)(H,82,83)(H4,63,64,67)(H4,65,66,68)/t39-,40-,42+,43+,44+,45+,46+,47+,50+,51+/m1/s1. The van der Waals surface area contributed by atoms with Gasteiger partial charge in [0.1, 0.15) is 48.3 Å². The summed E-state index contributed by atoms with van der Waals surface area (Å²) in [4.78, 5) is 136. The first-order valence-electron chi connectivity index (χ1n) is 32.0. The highest BCUT2D eigenvalue weighted by Gasteiger charge is 2.36. The zero-order chi connectivity index (χ0) is 68.3. The number of benzene rings is 1. The first-order valence-corrected chi connectivity index (χ1v) is 32.0. The predicted molar refractivity (Wildman–Crippen MR) is 343 cm³/mol. The molecule has 1 rings (SSSR count). The summed E-state index contributed by atoms with van der Waals surface area (Å²) >= 11 is 0.